The highest BCUT2D eigenvalue weighted by Crippen LogP contribution is 2.16. The number of anilines is 1. The van der Waals surface area contributed by atoms with Gasteiger partial charge in [-0.3, -0.25) is 14.4 Å². The monoisotopic (exact) mass is 348 g/mol. The normalized spacial score (nSPS) is 11.6. The number of nitrogens with one attached hydrogen (secondary N) is 1. The van der Waals surface area contributed by atoms with Crippen LogP contribution in [0.15, 0.2) is 24.3 Å². The molecular weight excluding hydrogens is 320 g/mol. The molecule has 1 aromatic rings. The molecule has 138 valence electrons. The van der Waals surface area contributed by atoms with Crippen LogP contribution in [0.4, 0.5) is 5.69 Å². The molecular formula is C19H28N2O4. The maximum atomic E-state index is 12.2. The Hall–Kier alpha value is -2.37. The number of amides is 1. The molecule has 0 bridgehead atoms. The van der Waals surface area contributed by atoms with Crippen molar-refractivity contribution >= 4 is 23.3 Å². The molecule has 0 aliphatic heterocycles. The van der Waals surface area contributed by atoms with Crippen LogP contribution in [0.25, 0.3) is 0 Å². The first-order chi connectivity index (χ1) is 11.9. The standard InChI is InChI=1S/C19H28N2O4/c1-3-25-19(24)16(5-4-12-21-14(2)22)13-18(23)11-8-15-6-9-17(20)10-7-15/h6-7,9-10,16H,3-5,8,11-13,20H2,1-2H3,(H,21,22). The number of rotatable bonds is 11. The van der Waals surface area contributed by atoms with Gasteiger partial charge in [-0.1, -0.05) is 12.1 Å². The summed E-state index contributed by atoms with van der Waals surface area (Å²) in [5.41, 5.74) is 7.38. The fourth-order valence-electron chi connectivity index (χ4n) is 2.52. The van der Waals surface area contributed by atoms with Crippen molar-refractivity contribution in [3.63, 3.8) is 0 Å². The van der Waals surface area contributed by atoms with E-state index in [1.165, 1.54) is 6.92 Å². The molecule has 0 aliphatic carbocycles. The lowest BCUT2D eigenvalue weighted by Gasteiger charge is -2.15. The van der Waals surface area contributed by atoms with E-state index in [4.69, 9.17) is 10.5 Å². The minimum absolute atomic E-state index is 0.0365. The fraction of sp³-hybridized carbons (Fsp3) is 0.526. The van der Waals surface area contributed by atoms with Gasteiger partial charge in [0.1, 0.15) is 5.78 Å². The molecule has 0 heterocycles. The van der Waals surface area contributed by atoms with Crippen molar-refractivity contribution in [2.45, 2.75) is 46.0 Å². The summed E-state index contributed by atoms with van der Waals surface area (Å²) in [6.07, 6.45) is 2.33. The lowest BCUT2D eigenvalue weighted by atomic mass is 9.94. The van der Waals surface area contributed by atoms with Crippen LogP contribution in [-0.2, 0) is 25.5 Å². The van der Waals surface area contributed by atoms with Gasteiger partial charge in [-0.25, -0.2) is 0 Å². The number of Topliss-reactive ketones (excluding diaryl/α,β-unsaturated/α-hetero) is 1. The molecule has 0 saturated heterocycles. The number of benzene rings is 1. The van der Waals surface area contributed by atoms with Gasteiger partial charge < -0.3 is 15.8 Å². The number of carbonyl (C=O) groups is 3. The Bertz CT molecular complexity index is 569. The lowest BCUT2D eigenvalue weighted by Crippen LogP contribution is -2.25. The minimum atomic E-state index is -0.451. The first-order valence-corrected chi connectivity index (χ1v) is 8.69. The summed E-state index contributed by atoms with van der Waals surface area (Å²) < 4.78 is 5.07. The van der Waals surface area contributed by atoms with E-state index >= 15 is 0 Å². The third-order valence-corrected chi connectivity index (χ3v) is 3.87. The quantitative estimate of drug-likeness (QED) is 0.363. The van der Waals surface area contributed by atoms with Crippen molar-refractivity contribution in [2.24, 2.45) is 5.92 Å². The van der Waals surface area contributed by atoms with Crippen LogP contribution in [0.3, 0.4) is 0 Å². The van der Waals surface area contributed by atoms with Gasteiger partial charge in [-0.15, -0.1) is 0 Å². The van der Waals surface area contributed by atoms with Crippen LogP contribution in [0, 0.1) is 5.92 Å². The first kappa shape index (κ1) is 20.7. The van der Waals surface area contributed by atoms with Crippen molar-refractivity contribution in [3.8, 4) is 0 Å². The minimum Gasteiger partial charge on any atom is -0.466 e. The van der Waals surface area contributed by atoms with Gasteiger partial charge in [0.15, 0.2) is 0 Å². The average Bonchev–Trinajstić information content (AvgIpc) is 2.57. The van der Waals surface area contributed by atoms with Crippen LogP contribution < -0.4 is 11.1 Å². The highest BCUT2D eigenvalue weighted by Gasteiger charge is 2.22. The third kappa shape index (κ3) is 8.88. The Labute approximate surface area is 149 Å². The Morgan fingerprint density at radius 2 is 1.88 bits per heavy atom. The van der Waals surface area contributed by atoms with Crippen molar-refractivity contribution in [1.82, 2.24) is 5.32 Å². The summed E-state index contributed by atoms with van der Waals surface area (Å²) in [5, 5.41) is 2.69. The van der Waals surface area contributed by atoms with Crippen LogP contribution in [0.1, 0.15) is 45.1 Å². The highest BCUT2D eigenvalue weighted by molar-refractivity contribution is 5.84. The number of nitrogens with two attached hydrogens (primary N) is 1. The molecule has 1 unspecified atom stereocenters. The molecule has 0 radical (unpaired) electrons. The summed E-state index contributed by atoms with van der Waals surface area (Å²) in [7, 11) is 0. The molecule has 1 amide bonds. The zero-order valence-corrected chi connectivity index (χ0v) is 15.0. The summed E-state index contributed by atoms with van der Waals surface area (Å²) in [4.78, 5) is 35.2. The van der Waals surface area contributed by atoms with Gasteiger partial charge in [0.05, 0.1) is 12.5 Å². The first-order valence-electron chi connectivity index (χ1n) is 8.69. The van der Waals surface area contributed by atoms with E-state index < -0.39 is 5.92 Å². The summed E-state index contributed by atoms with van der Waals surface area (Å²) in [6.45, 7) is 3.98. The molecule has 0 fully saturated rings. The number of esters is 1. The van der Waals surface area contributed by atoms with Gasteiger partial charge >= 0.3 is 5.97 Å². The zero-order chi connectivity index (χ0) is 18.7. The average molecular weight is 348 g/mol. The Balaban J connectivity index is 2.47. The molecule has 3 N–H and O–H groups in total. The predicted octanol–water partition coefficient (Wildman–Crippen LogP) is 2.26. The van der Waals surface area contributed by atoms with Crippen LogP contribution in [0.5, 0.6) is 0 Å². The summed E-state index contributed by atoms with van der Waals surface area (Å²) >= 11 is 0. The maximum absolute atomic E-state index is 12.2. The molecule has 1 atom stereocenters. The van der Waals surface area contributed by atoms with E-state index in [1.807, 2.05) is 24.3 Å². The van der Waals surface area contributed by atoms with Crippen molar-refractivity contribution in [3.05, 3.63) is 29.8 Å². The number of hydrogen-bond acceptors (Lipinski definition) is 5. The van der Waals surface area contributed by atoms with Crippen LogP contribution in [0.2, 0.25) is 0 Å². The van der Waals surface area contributed by atoms with E-state index in [0.717, 1.165) is 5.56 Å². The van der Waals surface area contributed by atoms with Crippen molar-refractivity contribution in [2.75, 3.05) is 18.9 Å². The number of ether oxygens (including phenoxy) is 1. The third-order valence-electron chi connectivity index (χ3n) is 3.87. The smallest absolute Gasteiger partial charge is 0.309 e. The molecule has 25 heavy (non-hydrogen) atoms. The number of ketones is 1. The maximum Gasteiger partial charge on any atom is 0.309 e. The lowest BCUT2D eigenvalue weighted by molar-refractivity contribution is -0.149. The number of nitrogen functional groups attached to an aromatic ring is 1. The van der Waals surface area contributed by atoms with Crippen LogP contribution in [-0.4, -0.2) is 30.8 Å². The summed E-state index contributed by atoms with van der Waals surface area (Å²) in [6, 6.07) is 7.42. The fourth-order valence-corrected chi connectivity index (χ4v) is 2.52. The van der Waals surface area contributed by atoms with E-state index in [1.54, 1.807) is 6.92 Å². The molecule has 0 spiro atoms. The van der Waals surface area contributed by atoms with Gasteiger partial charge in [0.2, 0.25) is 5.91 Å². The van der Waals surface area contributed by atoms with Crippen molar-refractivity contribution in [1.29, 1.82) is 0 Å². The zero-order valence-electron chi connectivity index (χ0n) is 15.0. The van der Waals surface area contributed by atoms with Crippen LogP contribution >= 0.6 is 0 Å². The molecule has 0 saturated carbocycles. The molecule has 6 heteroatoms. The Morgan fingerprint density at radius 3 is 2.48 bits per heavy atom. The molecule has 1 aromatic carbocycles. The van der Waals surface area contributed by atoms with E-state index in [0.29, 0.717) is 44.5 Å². The number of hydrogen-bond donors (Lipinski definition) is 2. The predicted molar refractivity (Wildman–Crippen MR) is 96.8 cm³/mol. The second kappa shape index (κ2) is 11.2. The van der Waals surface area contributed by atoms with Crippen molar-refractivity contribution < 1.29 is 19.1 Å². The van der Waals surface area contributed by atoms with E-state index in [2.05, 4.69) is 5.32 Å². The Kier molecular flexibility index (Phi) is 9.29. The summed E-state index contributed by atoms with van der Waals surface area (Å²) in [5.74, 6) is -0.861. The van der Waals surface area contributed by atoms with E-state index in [9.17, 15) is 14.4 Å². The highest BCUT2D eigenvalue weighted by atomic mass is 16.5. The second-order valence-corrected chi connectivity index (χ2v) is 6.06. The number of aryl methyl sites for hydroxylation is 1. The SMILES string of the molecule is CCOC(=O)C(CCCNC(C)=O)CC(=O)CCc1ccc(N)cc1. The molecule has 1 rings (SSSR count). The largest absolute Gasteiger partial charge is 0.466 e. The van der Waals surface area contributed by atoms with E-state index in [-0.39, 0.29) is 24.1 Å². The van der Waals surface area contributed by atoms with Gasteiger partial charge in [0.25, 0.3) is 0 Å². The van der Waals surface area contributed by atoms with Gasteiger partial charge in [0, 0.05) is 32.0 Å². The topological polar surface area (TPSA) is 98.5 Å². The molecule has 6 nitrogen and oxygen atoms in total. The van der Waals surface area contributed by atoms with Gasteiger partial charge in [-0.2, -0.15) is 0 Å². The molecule has 0 aliphatic rings. The Morgan fingerprint density at radius 1 is 1.20 bits per heavy atom. The van der Waals surface area contributed by atoms with Gasteiger partial charge in [-0.05, 0) is 43.9 Å². The number of carbonyl (C=O) groups excluding carboxylic acids is 3. The molecule has 0 aromatic heterocycles. The second-order valence-electron chi connectivity index (χ2n) is 6.06.